The zero-order chi connectivity index (χ0) is 14.5. The summed E-state index contributed by atoms with van der Waals surface area (Å²) in [6.07, 6.45) is 2.07. The average molecular weight is 298 g/mol. The standard InChI is InChI=1S/C13H11Cl2NO.C2H6/c14-11-2-1-9(7-12(11)15)13(8-16)5-3-10(17)4-6-13;1-2/h1-2,7H,3-6H2;1-2H3. The number of hydrogen-bond acceptors (Lipinski definition) is 2. The van der Waals surface area contributed by atoms with Gasteiger partial charge in [-0.2, -0.15) is 5.26 Å². The van der Waals surface area contributed by atoms with Crippen molar-refractivity contribution in [1.29, 1.82) is 5.26 Å². The van der Waals surface area contributed by atoms with Crippen LogP contribution in [-0.2, 0) is 10.2 Å². The molecular formula is C15H17Cl2NO. The van der Waals surface area contributed by atoms with Crippen molar-refractivity contribution in [1.82, 2.24) is 0 Å². The number of hydrogen-bond donors (Lipinski definition) is 0. The fraction of sp³-hybridized carbons (Fsp3) is 0.467. The number of rotatable bonds is 1. The van der Waals surface area contributed by atoms with Crippen molar-refractivity contribution in [2.45, 2.75) is 44.9 Å². The van der Waals surface area contributed by atoms with Crippen LogP contribution in [0.15, 0.2) is 18.2 Å². The van der Waals surface area contributed by atoms with Gasteiger partial charge in [0.2, 0.25) is 0 Å². The predicted octanol–water partition coefficient (Wildman–Crippen LogP) is 4.92. The Bertz CT molecular complexity index is 495. The minimum absolute atomic E-state index is 0.232. The van der Waals surface area contributed by atoms with Gasteiger partial charge < -0.3 is 0 Å². The van der Waals surface area contributed by atoms with Crippen molar-refractivity contribution in [2.75, 3.05) is 0 Å². The van der Waals surface area contributed by atoms with E-state index in [1.165, 1.54) is 0 Å². The van der Waals surface area contributed by atoms with Crippen LogP contribution in [0.2, 0.25) is 10.0 Å². The minimum Gasteiger partial charge on any atom is -0.300 e. The lowest BCUT2D eigenvalue weighted by Gasteiger charge is -2.30. The van der Waals surface area contributed by atoms with Crippen LogP contribution in [0.1, 0.15) is 45.1 Å². The van der Waals surface area contributed by atoms with E-state index in [4.69, 9.17) is 23.2 Å². The second-order valence-electron chi connectivity index (χ2n) is 4.36. The molecule has 0 aromatic heterocycles. The molecule has 102 valence electrons. The largest absolute Gasteiger partial charge is 0.300 e. The molecule has 1 aromatic carbocycles. The first-order chi connectivity index (χ1) is 9.07. The Balaban J connectivity index is 0.000000861. The number of benzene rings is 1. The van der Waals surface area contributed by atoms with Gasteiger partial charge in [-0.25, -0.2) is 0 Å². The third kappa shape index (κ3) is 3.49. The smallest absolute Gasteiger partial charge is 0.133 e. The lowest BCUT2D eigenvalue weighted by molar-refractivity contribution is -0.120. The molecular weight excluding hydrogens is 281 g/mol. The normalized spacial score (nSPS) is 17.1. The maximum Gasteiger partial charge on any atom is 0.133 e. The minimum atomic E-state index is -0.581. The Morgan fingerprint density at radius 2 is 1.74 bits per heavy atom. The number of Topliss-reactive ketones (excluding diaryl/α,β-unsaturated/α-hetero) is 1. The Morgan fingerprint density at radius 3 is 2.21 bits per heavy atom. The Morgan fingerprint density at radius 1 is 1.16 bits per heavy atom. The third-order valence-electron chi connectivity index (χ3n) is 3.35. The Labute approximate surface area is 124 Å². The molecule has 2 rings (SSSR count). The summed E-state index contributed by atoms with van der Waals surface area (Å²) in [5.74, 6) is 0.232. The van der Waals surface area contributed by atoms with E-state index in [1.54, 1.807) is 12.1 Å². The van der Waals surface area contributed by atoms with E-state index in [2.05, 4.69) is 6.07 Å². The molecule has 0 atom stereocenters. The number of nitriles is 1. The van der Waals surface area contributed by atoms with E-state index in [-0.39, 0.29) is 5.78 Å². The number of halogens is 2. The lowest BCUT2D eigenvalue weighted by atomic mass is 9.70. The molecule has 19 heavy (non-hydrogen) atoms. The molecule has 0 saturated heterocycles. The second kappa shape index (κ2) is 6.93. The summed E-state index contributed by atoms with van der Waals surface area (Å²) in [5, 5.41) is 10.3. The zero-order valence-corrected chi connectivity index (χ0v) is 12.7. The van der Waals surface area contributed by atoms with E-state index >= 15 is 0 Å². The van der Waals surface area contributed by atoms with Crippen LogP contribution in [0, 0.1) is 11.3 Å². The number of carbonyl (C=O) groups is 1. The fourth-order valence-corrected chi connectivity index (χ4v) is 2.51. The summed E-state index contributed by atoms with van der Waals surface area (Å²) in [7, 11) is 0. The molecule has 0 aliphatic heterocycles. The molecule has 0 N–H and O–H groups in total. The molecule has 0 bridgehead atoms. The molecule has 1 aliphatic rings. The van der Waals surface area contributed by atoms with Crippen LogP contribution in [0.4, 0.5) is 0 Å². The van der Waals surface area contributed by atoms with E-state index in [0.717, 1.165) is 5.56 Å². The summed E-state index contributed by atoms with van der Waals surface area (Å²) < 4.78 is 0. The van der Waals surface area contributed by atoms with Crippen molar-refractivity contribution in [3.05, 3.63) is 33.8 Å². The van der Waals surface area contributed by atoms with E-state index in [9.17, 15) is 10.1 Å². The highest BCUT2D eigenvalue weighted by Gasteiger charge is 2.36. The highest BCUT2D eigenvalue weighted by atomic mass is 35.5. The number of ketones is 1. The van der Waals surface area contributed by atoms with Crippen molar-refractivity contribution in [3.8, 4) is 6.07 Å². The van der Waals surface area contributed by atoms with E-state index in [0.29, 0.717) is 35.7 Å². The van der Waals surface area contributed by atoms with Gasteiger partial charge in [0.1, 0.15) is 5.78 Å². The van der Waals surface area contributed by atoms with Crippen molar-refractivity contribution in [3.63, 3.8) is 0 Å². The molecule has 4 heteroatoms. The van der Waals surface area contributed by atoms with Gasteiger partial charge in [-0.1, -0.05) is 43.1 Å². The first kappa shape index (κ1) is 16.0. The monoisotopic (exact) mass is 297 g/mol. The van der Waals surface area contributed by atoms with Gasteiger partial charge in [-0.05, 0) is 30.5 Å². The van der Waals surface area contributed by atoms with Gasteiger partial charge >= 0.3 is 0 Å². The Kier molecular flexibility index (Phi) is 5.85. The van der Waals surface area contributed by atoms with Gasteiger partial charge in [0.25, 0.3) is 0 Å². The van der Waals surface area contributed by atoms with Gasteiger partial charge in [0.15, 0.2) is 0 Å². The molecule has 2 nitrogen and oxygen atoms in total. The zero-order valence-electron chi connectivity index (χ0n) is 11.2. The van der Waals surface area contributed by atoms with Crippen LogP contribution in [0.5, 0.6) is 0 Å². The van der Waals surface area contributed by atoms with E-state index < -0.39 is 5.41 Å². The number of carbonyl (C=O) groups excluding carboxylic acids is 1. The fourth-order valence-electron chi connectivity index (χ4n) is 2.21. The van der Waals surface area contributed by atoms with Crippen molar-refractivity contribution in [2.24, 2.45) is 0 Å². The average Bonchev–Trinajstić information content (AvgIpc) is 2.45. The second-order valence-corrected chi connectivity index (χ2v) is 5.18. The molecule has 1 fully saturated rings. The molecule has 1 saturated carbocycles. The summed E-state index contributed by atoms with van der Waals surface area (Å²) in [4.78, 5) is 11.3. The maximum absolute atomic E-state index is 11.3. The molecule has 1 aliphatic carbocycles. The maximum atomic E-state index is 11.3. The van der Waals surface area contributed by atoms with Gasteiger partial charge in [-0.15, -0.1) is 0 Å². The van der Waals surface area contributed by atoms with Crippen LogP contribution >= 0.6 is 23.2 Å². The molecule has 0 unspecified atom stereocenters. The van der Waals surface area contributed by atoms with Crippen LogP contribution in [-0.4, -0.2) is 5.78 Å². The summed E-state index contributed by atoms with van der Waals surface area (Å²) in [6.45, 7) is 4.00. The molecule has 0 spiro atoms. The van der Waals surface area contributed by atoms with E-state index in [1.807, 2.05) is 19.9 Å². The van der Waals surface area contributed by atoms with Crippen LogP contribution in [0.3, 0.4) is 0 Å². The predicted molar refractivity (Wildman–Crippen MR) is 78.6 cm³/mol. The number of nitrogens with zero attached hydrogens (tertiary/aromatic N) is 1. The quantitative estimate of drug-likeness (QED) is 0.738. The summed E-state index contributed by atoms with van der Waals surface area (Å²) in [5.41, 5.74) is 0.282. The topological polar surface area (TPSA) is 40.9 Å². The molecule has 1 aromatic rings. The van der Waals surface area contributed by atoms with Crippen molar-refractivity contribution < 1.29 is 4.79 Å². The lowest BCUT2D eigenvalue weighted by Crippen LogP contribution is -2.30. The summed E-state index contributed by atoms with van der Waals surface area (Å²) >= 11 is 11.8. The SMILES string of the molecule is CC.N#CC1(c2ccc(Cl)c(Cl)c2)CCC(=O)CC1. The van der Waals surface area contributed by atoms with Crippen molar-refractivity contribution >= 4 is 29.0 Å². The van der Waals surface area contributed by atoms with Crippen LogP contribution in [0.25, 0.3) is 0 Å². The highest BCUT2D eigenvalue weighted by molar-refractivity contribution is 6.42. The third-order valence-corrected chi connectivity index (χ3v) is 4.09. The van der Waals surface area contributed by atoms with Crippen LogP contribution < -0.4 is 0 Å². The van der Waals surface area contributed by atoms with Gasteiger partial charge in [0, 0.05) is 12.8 Å². The highest BCUT2D eigenvalue weighted by Crippen LogP contribution is 2.39. The summed E-state index contributed by atoms with van der Waals surface area (Å²) in [6, 6.07) is 7.62. The first-order valence-corrected chi connectivity index (χ1v) is 7.21. The van der Waals surface area contributed by atoms with Gasteiger partial charge in [-0.3, -0.25) is 4.79 Å². The molecule has 0 heterocycles. The molecule has 0 radical (unpaired) electrons. The van der Waals surface area contributed by atoms with Gasteiger partial charge in [0.05, 0.1) is 21.5 Å². The Hall–Kier alpha value is -1.04. The first-order valence-electron chi connectivity index (χ1n) is 6.46. The molecule has 0 amide bonds.